The quantitative estimate of drug-likeness (QED) is 0.587. The van der Waals surface area contributed by atoms with Crippen molar-refractivity contribution in [2.24, 2.45) is 0 Å². The second-order valence-electron chi connectivity index (χ2n) is 6.37. The fourth-order valence-electron chi connectivity index (χ4n) is 3.73. The molecule has 3 aromatic carbocycles. The van der Waals surface area contributed by atoms with Crippen LogP contribution >= 0.6 is 15.9 Å². The van der Waals surface area contributed by atoms with Crippen molar-refractivity contribution in [2.75, 3.05) is 7.05 Å². The van der Waals surface area contributed by atoms with Gasteiger partial charge in [0.25, 0.3) is 0 Å². The van der Waals surface area contributed by atoms with Crippen molar-refractivity contribution in [3.05, 3.63) is 112 Å². The van der Waals surface area contributed by atoms with Crippen molar-refractivity contribution in [1.82, 2.24) is 4.90 Å². The molecule has 26 heavy (non-hydrogen) atoms. The molecule has 3 heteroatoms. The summed E-state index contributed by atoms with van der Waals surface area (Å²) in [6.45, 7) is 0. The van der Waals surface area contributed by atoms with Crippen LogP contribution in [0.5, 0.6) is 0 Å². The molecule has 1 aliphatic rings. The zero-order valence-electron chi connectivity index (χ0n) is 14.4. The number of rotatable bonds is 3. The molecular formula is C23H18BrNO. The summed E-state index contributed by atoms with van der Waals surface area (Å²) in [5.74, 6) is 0.0422. The highest BCUT2D eigenvalue weighted by atomic mass is 79.9. The van der Waals surface area contributed by atoms with E-state index in [2.05, 4.69) is 15.9 Å². The van der Waals surface area contributed by atoms with Crippen LogP contribution in [0.25, 0.3) is 5.70 Å². The second-order valence-corrected chi connectivity index (χ2v) is 7.17. The van der Waals surface area contributed by atoms with Gasteiger partial charge in [-0.25, -0.2) is 0 Å². The Morgan fingerprint density at radius 3 is 1.62 bits per heavy atom. The lowest BCUT2D eigenvalue weighted by Gasteiger charge is -2.29. The van der Waals surface area contributed by atoms with Crippen LogP contribution in [0.15, 0.2) is 95.5 Å². The lowest BCUT2D eigenvalue weighted by atomic mass is 9.74. The molecule has 2 nitrogen and oxygen atoms in total. The maximum absolute atomic E-state index is 13.7. The number of carbonyl (C=O) groups excluding carboxylic acids is 1. The van der Waals surface area contributed by atoms with Gasteiger partial charge in [-0.1, -0.05) is 107 Å². The van der Waals surface area contributed by atoms with E-state index in [1.807, 2.05) is 98.0 Å². The summed E-state index contributed by atoms with van der Waals surface area (Å²) in [4.78, 5) is 15.4. The van der Waals surface area contributed by atoms with Crippen molar-refractivity contribution < 1.29 is 4.79 Å². The highest BCUT2D eigenvalue weighted by Gasteiger charge is 2.53. The van der Waals surface area contributed by atoms with Gasteiger partial charge in [0.15, 0.2) is 0 Å². The van der Waals surface area contributed by atoms with Gasteiger partial charge < -0.3 is 4.90 Å². The lowest BCUT2D eigenvalue weighted by Crippen LogP contribution is -2.39. The van der Waals surface area contributed by atoms with E-state index >= 15 is 0 Å². The van der Waals surface area contributed by atoms with Crippen LogP contribution in [0.4, 0.5) is 0 Å². The molecule has 0 aromatic heterocycles. The molecule has 0 saturated carbocycles. The van der Waals surface area contributed by atoms with E-state index in [1.165, 1.54) is 0 Å². The van der Waals surface area contributed by atoms with Crippen LogP contribution < -0.4 is 0 Å². The van der Waals surface area contributed by atoms with Gasteiger partial charge in [-0.05, 0) is 16.7 Å². The molecule has 0 spiro atoms. The average molecular weight is 404 g/mol. The molecular weight excluding hydrogens is 386 g/mol. The Labute approximate surface area is 161 Å². The largest absolute Gasteiger partial charge is 0.313 e. The first kappa shape index (κ1) is 16.8. The zero-order chi connectivity index (χ0) is 18.1. The highest BCUT2D eigenvalue weighted by molar-refractivity contribution is 9.12. The molecule has 128 valence electrons. The number of likely N-dealkylation sites (N-methyl/N-ethyl adjacent to an activating group) is 1. The molecule has 0 saturated heterocycles. The summed E-state index contributed by atoms with van der Waals surface area (Å²) < 4.78 is 0.876. The summed E-state index contributed by atoms with van der Waals surface area (Å²) in [6, 6.07) is 30.0. The third-order valence-electron chi connectivity index (χ3n) is 4.96. The third kappa shape index (κ3) is 2.35. The van der Waals surface area contributed by atoms with Crippen LogP contribution in [0.3, 0.4) is 0 Å². The summed E-state index contributed by atoms with van der Waals surface area (Å²) in [6.07, 6.45) is 0. The predicted octanol–water partition coefficient (Wildman–Crippen LogP) is 5.21. The Morgan fingerprint density at radius 1 is 0.731 bits per heavy atom. The minimum atomic E-state index is -0.873. The number of amides is 1. The highest BCUT2D eigenvalue weighted by Crippen LogP contribution is 2.52. The zero-order valence-corrected chi connectivity index (χ0v) is 16.0. The van der Waals surface area contributed by atoms with E-state index in [4.69, 9.17) is 0 Å². The number of benzene rings is 3. The van der Waals surface area contributed by atoms with E-state index in [-0.39, 0.29) is 5.91 Å². The minimum Gasteiger partial charge on any atom is -0.313 e. The molecule has 0 fully saturated rings. The SMILES string of the molecule is CN1C(=O)C(c2ccccc2)(c2ccccc2)C(Br)=C1c1ccccc1. The molecule has 3 aromatic rings. The Kier molecular flexibility index (Phi) is 4.25. The Morgan fingerprint density at radius 2 is 1.15 bits per heavy atom. The van der Waals surface area contributed by atoms with Crippen molar-refractivity contribution >= 4 is 27.5 Å². The second kappa shape index (κ2) is 6.58. The van der Waals surface area contributed by atoms with E-state index < -0.39 is 5.41 Å². The molecule has 0 N–H and O–H groups in total. The van der Waals surface area contributed by atoms with Gasteiger partial charge in [0.1, 0.15) is 5.41 Å². The van der Waals surface area contributed by atoms with Crippen LogP contribution in [0, 0.1) is 0 Å². The summed E-state index contributed by atoms with van der Waals surface area (Å²) in [5.41, 5.74) is 2.97. The standard InChI is InChI=1S/C23H18BrNO/c1-25-20(17-11-5-2-6-12-17)21(24)23(22(25)26,18-13-7-3-8-14-18)19-15-9-4-10-16-19/h2-16H,1H3. The van der Waals surface area contributed by atoms with Gasteiger partial charge in [-0.3, -0.25) is 4.79 Å². The monoisotopic (exact) mass is 403 g/mol. The van der Waals surface area contributed by atoms with Crippen molar-refractivity contribution in [2.45, 2.75) is 5.41 Å². The van der Waals surface area contributed by atoms with Gasteiger partial charge >= 0.3 is 0 Å². The minimum absolute atomic E-state index is 0.0422. The molecule has 4 rings (SSSR count). The number of hydrogen-bond acceptors (Lipinski definition) is 1. The van der Waals surface area contributed by atoms with Crippen molar-refractivity contribution in [3.8, 4) is 0 Å². The van der Waals surface area contributed by atoms with E-state index in [9.17, 15) is 4.79 Å². The number of halogens is 1. The lowest BCUT2D eigenvalue weighted by molar-refractivity contribution is -0.128. The van der Waals surface area contributed by atoms with E-state index in [0.29, 0.717) is 0 Å². The van der Waals surface area contributed by atoms with Gasteiger partial charge in [-0.15, -0.1) is 0 Å². The fraction of sp³-hybridized carbons (Fsp3) is 0.0870. The van der Waals surface area contributed by atoms with Gasteiger partial charge in [0.2, 0.25) is 5.91 Å². The van der Waals surface area contributed by atoms with Crippen LogP contribution in [-0.2, 0) is 10.2 Å². The van der Waals surface area contributed by atoms with Gasteiger partial charge in [0.05, 0.1) is 5.70 Å². The topological polar surface area (TPSA) is 20.3 Å². The Bertz CT molecular complexity index is 925. The number of carbonyl (C=O) groups is 1. The summed E-state index contributed by atoms with van der Waals surface area (Å²) in [5, 5.41) is 0. The molecule has 1 heterocycles. The van der Waals surface area contributed by atoms with Crippen molar-refractivity contribution in [3.63, 3.8) is 0 Å². The van der Waals surface area contributed by atoms with Gasteiger partial charge in [0, 0.05) is 11.5 Å². The third-order valence-corrected chi connectivity index (χ3v) is 5.93. The van der Waals surface area contributed by atoms with Gasteiger partial charge in [-0.2, -0.15) is 0 Å². The first-order valence-electron chi connectivity index (χ1n) is 8.52. The maximum Gasteiger partial charge on any atom is 0.247 e. The molecule has 0 unspecified atom stereocenters. The average Bonchev–Trinajstić information content (AvgIpc) is 2.90. The maximum atomic E-state index is 13.7. The molecule has 0 atom stereocenters. The number of nitrogens with zero attached hydrogens (tertiary/aromatic N) is 1. The smallest absolute Gasteiger partial charge is 0.247 e. The molecule has 0 bridgehead atoms. The summed E-state index contributed by atoms with van der Waals surface area (Å²) >= 11 is 3.84. The number of hydrogen-bond donors (Lipinski definition) is 0. The Balaban J connectivity index is 2.06. The van der Waals surface area contributed by atoms with Crippen molar-refractivity contribution in [1.29, 1.82) is 0 Å². The van der Waals surface area contributed by atoms with E-state index in [1.54, 1.807) is 4.90 Å². The van der Waals surface area contributed by atoms with Crippen LogP contribution in [0.1, 0.15) is 16.7 Å². The normalized spacial score (nSPS) is 16.2. The summed E-state index contributed by atoms with van der Waals surface area (Å²) in [7, 11) is 1.85. The van der Waals surface area contributed by atoms with Crippen LogP contribution in [0.2, 0.25) is 0 Å². The first-order chi connectivity index (χ1) is 12.7. The molecule has 0 aliphatic carbocycles. The molecule has 1 aliphatic heterocycles. The first-order valence-corrected chi connectivity index (χ1v) is 9.31. The molecule has 1 amide bonds. The predicted molar refractivity (Wildman–Crippen MR) is 109 cm³/mol. The van der Waals surface area contributed by atoms with Crippen LogP contribution in [-0.4, -0.2) is 17.9 Å². The Hall–Kier alpha value is -2.65. The fourth-order valence-corrected chi connectivity index (χ4v) is 4.85. The van der Waals surface area contributed by atoms with E-state index in [0.717, 1.165) is 26.9 Å². The molecule has 0 radical (unpaired) electrons.